The number of morpholine rings is 1. The number of ketones is 3. The first-order valence-corrected chi connectivity index (χ1v) is 27.3. The summed E-state index contributed by atoms with van der Waals surface area (Å²) in [6.45, 7) is 44.0. The molecule has 5 heterocycles. The predicted octanol–water partition coefficient (Wildman–Crippen LogP) is 8.39. The highest BCUT2D eigenvalue weighted by Gasteiger charge is 2.35. The number of nitrogens with zero attached hydrogens (tertiary/aromatic N) is 7. The van der Waals surface area contributed by atoms with Gasteiger partial charge in [-0.3, -0.25) is 43.7 Å². The Morgan fingerprint density at radius 1 is 0.606 bits per heavy atom. The number of piperazine rings is 1. The monoisotopic (exact) mass is 990 g/mol. The van der Waals surface area contributed by atoms with Crippen LogP contribution < -0.4 is 0 Å². The van der Waals surface area contributed by atoms with E-state index in [1.54, 1.807) is 13.0 Å². The molecule has 3 atom stereocenters. The van der Waals surface area contributed by atoms with Crippen LogP contribution in [0.15, 0.2) is 24.8 Å². The van der Waals surface area contributed by atoms with Crippen molar-refractivity contribution in [1.82, 2.24) is 34.3 Å². The quantitative estimate of drug-likeness (QED) is 0.0954. The van der Waals surface area contributed by atoms with Gasteiger partial charge in [-0.25, -0.2) is 0 Å². The third kappa shape index (κ3) is 25.5. The van der Waals surface area contributed by atoms with Gasteiger partial charge in [0.25, 0.3) is 5.91 Å². The number of Topliss-reactive ketones (excluding diaryl/α,β-unsaturated/α-hetero) is 1. The van der Waals surface area contributed by atoms with E-state index in [2.05, 4.69) is 143 Å². The Morgan fingerprint density at radius 3 is 1.46 bits per heavy atom. The maximum atomic E-state index is 12.1. The van der Waals surface area contributed by atoms with Gasteiger partial charge < -0.3 is 14.5 Å². The maximum absolute atomic E-state index is 12.1. The summed E-state index contributed by atoms with van der Waals surface area (Å²) in [5.41, 5.74) is 0.862. The van der Waals surface area contributed by atoms with E-state index >= 15 is 0 Å². The van der Waals surface area contributed by atoms with Crippen LogP contribution >= 0.6 is 0 Å². The fourth-order valence-corrected chi connectivity index (χ4v) is 10.4. The standard InChI is InChI=1S/C16H27N3O2.C16H30N2O.C14H23NO.C13H23NO/c1-16(2,3)19-9-7-18(8-10-19)15(20)5-4-6-17-11-13-21-14-12-17;1-16(2,3)18-13-6-8-14(18)10-11-15(19)9-7-12-17(4)5;1-5-7-13(16)10-9-12-8-6-11-15(12)14(2,3)4;1-5-12(15)9-8-11-7-6-10-14(11)13(2,3)4/h6-14H2,1-3H3;7,9,14H,6,8,10-13H2,1-5H3;12H,6,8-11H2,1-4H3;5,11H,1,6-10H2,2-4H3/b;9-7+;;. The summed E-state index contributed by atoms with van der Waals surface area (Å²) >= 11 is 0. The Bertz CT molecular complexity index is 1780. The molecule has 0 aromatic heterocycles. The van der Waals surface area contributed by atoms with Crippen LogP contribution in [0.1, 0.15) is 167 Å². The predicted molar refractivity (Wildman–Crippen MR) is 295 cm³/mol. The molecule has 5 aliphatic heterocycles. The molecule has 0 aromatic carbocycles. The molecule has 5 rings (SSSR count). The van der Waals surface area contributed by atoms with Crippen LogP contribution in [0, 0.1) is 23.7 Å². The van der Waals surface area contributed by atoms with Crippen molar-refractivity contribution in [3.05, 3.63) is 24.8 Å². The summed E-state index contributed by atoms with van der Waals surface area (Å²) in [5, 5.41) is 0. The second-order valence-electron chi connectivity index (χ2n) is 24.3. The number of likely N-dealkylation sites (N-methyl/N-ethyl adjacent to an activating group) is 1. The second-order valence-corrected chi connectivity index (χ2v) is 24.3. The first-order valence-electron chi connectivity index (χ1n) is 27.3. The summed E-state index contributed by atoms with van der Waals surface area (Å²) in [4.78, 5) is 62.6. The first-order chi connectivity index (χ1) is 33.2. The van der Waals surface area contributed by atoms with Gasteiger partial charge in [-0.05, 0) is 206 Å². The molecular weight excluding hydrogens is 887 g/mol. The molecule has 5 fully saturated rings. The number of hydrogen-bond donors (Lipinski definition) is 0. The highest BCUT2D eigenvalue weighted by Crippen LogP contribution is 2.31. The van der Waals surface area contributed by atoms with Gasteiger partial charge in [-0.1, -0.05) is 24.5 Å². The van der Waals surface area contributed by atoms with Gasteiger partial charge in [0.1, 0.15) is 0 Å². The zero-order valence-electron chi connectivity index (χ0n) is 48.0. The van der Waals surface area contributed by atoms with Gasteiger partial charge in [-0.15, -0.1) is 0 Å². The number of amides is 1. The third-order valence-corrected chi connectivity index (χ3v) is 14.3. The van der Waals surface area contributed by atoms with E-state index in [9.17, 15) is 19.2 Å². The molecule has 0 aliphatic carbocycles. The van der Waals surface area contributed by atoms with Crippen molar-refractivity contribution in [2.24, 2.45) is 0 Å². The lowest BCUT2D eigenvalue weighted by molar-refractivity contribution is -0.127. The Morgan fingerprint density at radius 2 is 1.06 bits per heavy atom. The number of allylic oxidation sites excluding steroid dienone is 2. The van der Waals surface area contributed by atoms with Crippen LogP contribution in [0.5, 0.6) is 0 Å². The number of carbonyl (C=O) groups excluding carboxylic acids is 4. The molecule has 12 heteroatoms. The number of likely N-dealkylation sites (tertiary alicyclic amines) is 3. The van der Waals surface area contributed by atoms with Crippen LogP contribution in [-0.4, -0.2) is 197 Å². The Labute approximate surface area is 435 Å². The van der Waals surface area contributed by atoms with E-state index in [0.717, 1.165) is 78.3 Å². The zero-order valence-corrected chi connectivity index (χ0v) is 48.0. The third-order valence-electron chi connectivity index (χ3n) is 14.3. The molecule has 0 N–H and O–H groups in total. The molecule has 3 unspecified atom stereocenters. The average Bonchev–Trinajstić information content (AvgIpc) is 4.10. The van der Waals surface area contributed by atoms with Crippen molar-refractivity contribution in [3.63, 3.8) is 0 Å². The second kappa shape index (κ2) is 31.5. The molecule has 1 amide bonds. The molecule has 71 heavy (non-hydrogen) atoms. The molecule has 0 spiro atoms. The number of ether oxygens (including phenoxy) is 1. The van der Waals surface area contributed by atoms with Gasteiger partial charge in [0.15, 0.2) is 11.6 Å². The molecular formula is C59H103N7O5. The van der Waals surface area contributed by atoms with Crippen LogP contribution in [0.3, 0.4) is 0 Å². The van der Waals surface area contributed by atoms with Gasteiger partial charge in [0.05, 0.1) is 19.8 Å². The molecule has 404 valence electrons. The summed E-state index contributed by atoms with van der Waals surface area (Å²) in [7, 11) is 4.02. The van der Waals surface area contributed by atoms with Crippen LogP contribution in [0.25, 0.3) is 0 Å². The topological polar surface area (TPSA) is 100 Å². The molecule has 0 radical (unpaired) electrons. The minimum absolute atomic E-state index is 0.0307. The Balaban J connectivity index is 0.000000327. The van der Waals surface area contributed by atoms with Crippen LogP contribution in [-0.2, 0) is 23.9 Å². The highest BCUT2D eigenvalue weighted by molar-refractivity contribution is 5.95. The molecule has 0 saturated carbocycles. The largest absolute Gasteiger partial charge is 0.379 e. The fraction of sp³-hybridized carbons (Fsp3) is 0.797. The smallest absolute Gasteiger partial charge is 0.298 e. The van der Waals surface area contributed by atoms with Crippen molar-refractivity contribution in [1.29, 1.82) is 0 Å². The molecule has 0 bridgehead atoms. The lowest BCUT2D eigenvalue weighted by Gasteiger charge is -2.41. The minimum Gasteiger partial charge on any atom is -0.379 e. The lowest BCUT2D eigenvalue weighted by atomic mass is 10.0. The van der Waals surface area contributed by atoms with Crippen molar-refractivity contribution in [3.8, 4) is 23.7 Å². The normalized spacial score (nSPS) is 22.0. The molecule has 12 nitrogen and oxygen atoms in total. The maximum Gasteiger partial charge on any atom is 0.298 e. The van der Waals surface area contributed by atoms with E-state index in [1.165, 1.54) is 64.2 Å². The first kappa shape index (κ1) is 63.9. The highest BCUT2D eigenvalue weighted by atomic mass is 16.5. The van der Waals surface area contributed by atoms with E-state index in [0.29, 0.717) is 43.9 Å². The van der Waals surface area contributed by atoms with Crippen molar-refractivity contribution < 1.29 is 23.9 Å². The SMILES string of the molecule is C=CC(=O)CCC1CCCN1C(C)(C)C.CC#CC(=O)CCC1CCCN1C(C)(C)C.CC(C)(C)N1CCN(C(=O)C#CCN2CCOCC2)CC1.CN(C)C/C=C/C(=O)CCC1CCCN1C(C)(C)C. The summed E-state index contributed by atoms with van der Waals surface area (Å²) in [5.74, 6) is 11.6. The Hall–Kier alpha value is -3.20. The van der Waals surface area contributed by atoms with E-state index in [4.69, 9.17) is 4.74 Å². The number of rotatable bonds is 14. The lowest BCUT2D eigenvalue weighted by Crippen LogP contribution is -2.54. The fourth-order valence-electron chi connectivity index (χ4n) is 10.4. The minimum atomic E-state index is -0.0307. The van der Waals surface area contributed by atoms with E-state index < -0.39 is 0 Å². The summed E-state index contributed by atoms with van der Waals surface area (Å²) in [6, 6.07) is 1.75. The number of carbonyl (C=O) groups is 4. The van der Waals surface area contributed by atoms with E-state index in [-0.39, 0.29) is 45.4 Å². The molecule has 5 saturated heterocycles. The Kier molecular flexibility index (Phi) is 28.4. The molecule has 5 aliphatic rings. The van der Waals surface area contributed by atoms with Crippen molar-refractivity contribution in [2.75, 3.05) is 99.3 Å². The van der Waals surface area contributed by atoms with Gasteiger partial charge in [-0.2, -0.15) is 0 Å². The van der Waals surface area contributed by atoms with Crippen LogP contribution in [0.2, 0.25) is 0 Å². The van der Waals surface area contributed by atoms with Crippen molar-refractivity contribution >= 4 is 23.3 Å². The summed E-state index contributed by atoms with van der Waals surface area (Å²) < 4.78 is 5.29. The van der Waals surface area contributed by atoms with Gasteiger partial charge in [0, 0.05) is 105 Å². The van der Waals surface area contributed by atoms with Crippen LogP contribution in [0.4, 0.5) is 0 Å². The van der Waals surface area contributed by atoms with Crippen molar-refractivity contribution in [2.45, 2.75) is 207 Å². The number of hydrogen-bond acceptors (Lipinski definition) is 11. The van der Waals surface area contributed by atoms with Gasteiger partial charge >= 0.3 is 0 Å². The van der Waals surface area contributed by atoms with E-state index in [1.807, 2.05) is 25.1 Å². The van der Waals surface area contributed by atoms with Gasteiger partial charge in [0.2, 0.25) is 5.78 Å². The average molecular weight is 991 g/mol. The summed E-state index contributed by atoms with van der Waals surface area (Å²) in [6.07, 6.45) is 17.5. The molecule has 0 aromatic rings. The zero-order chi connectivity index (χ0) is 53.4.